The van der Waals surface area contributed by atoms with Crippen LogP contribution in [0.4, 0.5) is 8.78 Å². The number of aryl methyl sites for hydroxylation is 1. The fraction of sp³-hybridized carbons (Fsp3) is 0.250. The minimum absolute atomic E-state index is 0.730. The fourth-order valence-corrected chi connectivity index (χ4v) is 0.601. The third-order valence-corrected chi connectivity index (χ3v) is 1.08. The van der Waals surface area contributed by atoms with Gasteiger partial charge in [0.1, 0.15) is 0 Å². The van der Waals surface area contributed by atoms with Gasteiger partial charge in [0.2, 0.25) is 0 Å². The van der Waals surface area contributed by atoms with Gasteiger partial charge in [-0.15, -0.1) is 0 Å². The van der Waals surface area contributed by atoms with Crippen LogP contribution in [0, 0.1) is 18.6 Å². The van der Waals surface area contributed by atoms with Crippen molar-refractivity contribution in [2.45, 2.75) is 6.92 Å². The van der Waals surface area contributed by atoms with Crippen molar-refractivity contribution >= 4 is 0 Å². The Balaban J connectivity index is 0.000000461. The summed E-state index contributed by atoms with van der Waals surface area (Å²) >= 11 is 0. The number of aliphatic hydroxyl groups is 1. The molecule has 11 heavy (non-hydrogen) atoms. The van der Waals surface area contributed by atoms with E-state index in [1.54, 1.807) is 6.92 Å². The second-order valence-electron chi connectivity index (χ2n) is 1.92. The Morgan fingerprint density at radius 3 is 2.00 bits per heavy atom. The molecule has 0 saturated carbocycles. The Bertz CT molecular complexity index is 223. The van der Waals surface area contributed by atoms with E-state index in [9.17, 15) is 8.78 Å². The summed E-state index contributed by atoms with van der Waals surface area (Å²) in [4.78, 5) is 0. The normalized spacial score (nSPS) is 8.45. The lowest BCUT2D eigenvalue weighted by Gasteiger charge is -1.91. The van der Waals surface area contributed by atoms with Gasteiger partial charge in [-0.2, -0.15) is 0 Å². The third-order valence-electron chi connectivity index (χ3n) is 1.08. The number of rotatable bonds is 0. The number of benzene rings is 1. The molecule has 0 bridgehead atoms. The maximum absolute atomic E-state index is 12.2. The smallest absolute Gasteiger partial charge is 0.159 e. The maximum atomic E-state index is 12.2. The Kier molecular flexibility index (Phi) is 4.38. The van der Waals surface area contributed by atoms with Crippen LogP contribution < -0.4 is 0 Å². The van der Waals surface area contributed by atoms with Gasteiger partial charge in [-0.05, 0) is 24.6 Å². The zero-order chi connectivity index (χ0) is 8.85. The average Bonchev–Trinajstić information content (AvgIpc) is 2.02. The first-order chi connectivity index (χ1) is 5.20. The van der Waals surface area contributed by atoms with E-state index in [-0.39, 0.29) is 0 Å². The molecule has 0 radical (unpaired) electrons. The molecule has 0 aromatic heterocycles. The molecule has 0 aliphatic carbocycles. The molecule has 0 amide bonds. The van der Waals surface area contributed by atoms with Gasteiger partial charge in [-0.1, -0.05) is 6.07 Å². The van der Waals surface area contributed by atoms with Crippen LogP contribution in [0.15, 0.2) is 18.2 Å². The van der Waals surface area contributed by atoms with Gasteiger partial charge < -0.3 is 5.11 Å². The average molecular weight is 160 g/mol. The monoisotopic (exact) mass is 160 g/mol. The lowest BCUT2D eigenvalue weighted by molar-refractivity contribution is 0.399. The molecular weight excluding hydrogens is 150 g/mol. The molecular formula is C8H10F2O. The van der Waals surface area contributed by atoms with Crippen molar-refractivity contribution in [2.75, 3.05) is 7.11 Å². The van der Waals surface area contributed by atoms with Crippen LogP contribution in [0.25, 0.3) is 0 Å². The Labute approximate surface area is 64.3 Å². The Hall–Kier alpha value is -0.960. The molecule has 0 unspecified atom stereocenters. The largest absolute Gasteiger partial charge is 0.400 e. The van der Waals surface area contributed by atoms with Gasteiger partial charge in [-0.25, -0.2) is 8.78 Å². The van der Waals surface area contributed by atoms with Crippen molar-refractivity contribution in [3.8, 4) is 0 Å². The molecule has 1 aromatic rings. The van der Waals surface area contributed by atoms with Crippen LogP contribution >= 0.6 is 0 Å². The second-order valence-corrected chi connectivity index (χ2v) is 1.92. The summed E-state index contributed by atoms with van der Waals surface area (Å²) in [6.07, 6.45) is 0. The predicted molar refractivity (Wildman–Crippen MR) is 39.2 cm³/mol. The standard InChI is InChI=1S/C7H6F2.CH4O/c1-5-2-3-6(8)7(9)4-5;1-2/h2-4H,1H3;2H,1H3. The zero-order valence-electron chi connectivity index (χ0n) is 6.44. The van der Waals surface area contributed by atoms with Crippen LogP contribution in [0.5, 0.6) is 0 Å². The molecule has 3 heteroatoms. The summed E-state index contributed by atoms with van der Waals surface area (Å²) in [5.74, 6) is -1.57. The van der Waals surface area contributed by atoms with E-state index in [1.165, 1.54) is 6.07 Å². The summed E-state index contributed by atoms with van der Waals surface area (Å²) in [5, 5.41) is 7.00. The van der Waals surface area contributed by atoms with Gasteiger partial charge in [0, 0.05) is 7.11 Å². The first kappa shape index (κ1) is 10.0. The SMILES string of the molecule is CO.Cc1ccc(F)c(F)c1. The number of hydrogen-bond acceptors (Lipinski definition) is 1. The van der Waals surface area contributed by atoms with Crippen LogP contribution in [0.3, 0.4) is 0 Å². The molecule has 0 aliphatic heterocycles. The maximum Gasteiger partial charge on any atom is 0.159 e. The molecule has 0 spiro atoms. The van der Waals surface area contributed by atoms with Crippen molar-refractivity contribution < 1.29 is 13.9 Å². The summed E-state index contributed by atoms with van der Waals surface area (Å²) in [6.45, 7) is 1.71. The third kappa shape index (κ3) is 3.09. The summed E-state index contributed by atoms with van der Waals surface area (Å²) < 4.78 is 24.3. The molecule has 0 fully saturated rings. The highest BCUT2D eigenvalue weighted by Crippen LogP contribution is 2.06. The fourth-order valence-electron chi connectivity index (χ4n) is 0.601. The first-order valence-electron chi connectivity index (χ1n) is 3.06. The van der Waals surface area contributed by atoms with Crippen LogP contribution in [0.1, 0.15) is 5.56 Å². The molecule has 0 atom stereocenters. The Morgan fingerprint density at radius 1 is 1.09 bits per heavy atom. The van der Waals surface area contributed by atoms with Crippen LogP contribution in [0.2, 0.25) is 0 Å². The molecule has 1 nitrogen and oxygen atoms in total. The van der Waals surface area contributed by atoms with Crippen LogP contribution in [-0.2, 0) is 0 Å². The van der Waals surface area contributed by atoms with E-state index in [0.29, 0.717) is 0 Å². The summed E-state index contributed by atoms with van der Waals surface area (Å²) in [7, 11) is 1.00. The van der Waals surface area contributed by atoms with E-state index in [1.807, 2.05) is 0 Å². The molecule has 62 valence electrons. The van der Waals surface area contributed by atoms with Gasteiger partial charge in [0.15, 0.2) is 11.6 Å². The van der Waals surface area contributed by atoms with E-state index in [4.69, 9.17) is 5.11 Å². The highest BCUT2D eigenvalue weighted by molar-refractivity contribution is 5.15. The van der Waals surface area contributed by atoms with E-state index < -0.39 is 11.6 Å². The predicted octanol–water partition coefficient (Wildman–Crippen LogP) is 1.88. The molecule has 0 aliphatic rings. The topological polar surface area (TPSA) is 20.2 Å². The highest BCUT2D eigenvalue weighted by atomic mass is 19.2. The molecule has 1 N–H and O–H groups in total. The Morgan fingerprint density at radius 2 is 1.64 bits per heavy atom. The molecule has 0 heterocycles. The quantitative estimate of drug-likeness (QED) is 0.614. The van der Waals surface area contributed by atoms with Crippen molar-refractivity contribution in [1.82, 2.24) is 0 Å². The van der Waals surface area contributed by atoms with E-state index >= 15 is 0 Å². The summed E-state index contributed by atoms with van der Waals surface area (Å²) in [6, 6.07) is 3.80. The molecule has 1 rings (SSSR count). The molecule has 0 saturated heterocycles. The van der Waals surface area contributed by atoms with Crippen molar-refractivity contribution in [3.05, 3.63) is 35.4 Å². The lowest BCUT2D eigenvalue weighted by Crippen LogP contribution is -1.82. The number of halogens is 2. The van der Waals surface area contributed by atoms with Crippen molar-refractivity contribution in [3.63, 3.8) is 0 Å². The van der Waals surface area contributed by atoms with Gasteiger partial charge in [0.25, 0.3) is 0 Å². The van der Waals surface area contributed by atoms with Gasteiger partial charge in [0.05, 0.1) is 0 Å². The van der Waals surface area contributed by atoms with Gasteiger partial charge >= 0.3 is 0 Å². The van der Waals surface area contributed by atoms with Crippen LogP contribution in [-0.4, -0.2) is 12.2 Å². The van der Waals surface area contributed by atoms with Crippen molar-refractivity contribution in [2.24, 2.45) is 0 Å². The van der Waals surface area contributed by atoms with E-state index in [0.717, 1.165) is 24.8 Å². The minimum Gasteiger partial charge on any atom is -0.400 e. The van der Waals surface area contributed by atoms with Gasteiger partial charge in [-0.3, -0.25) is 0 Å². The highest BCUT2D eigenvalue weighted by Gasteiger charge is 1.97. The first-order valence-corrected chi connectivity index (χ1v) is 3.06. The lowest BCUT2D eigenvalue weighted by atomic mass is 10.2. The van der Waals surface area contributed by atoms with E-state index in [2.05, 4.69) is 0 Å². The zero-order valence-corrected chi connectivity index (χ0v) is 6.44. The summed E-state index contributed by atoms with van der Waals surface area (Å²) in [5.41, 5.74) is 0.730. The second kappa shape index (κ2) is 4.79. The van der Waals surface area contributed by atoms with Crippen molar-refractivity contribution in [1.29, 1.82) is 0 Å². The molecule has 1 aromatic carbocycles. The minimum atomic E-state index is -0.791. The number of aliphatic hydroxyl groups excluding tert-OH is 1. The number of hydrogen-bond donors (Lipinski definition) is 1.